The van der Waals surface area contributed by atoms with Crippen molar-refractivity contribution in [3.05, 3.63) is 68.5 Å². The molecule has 8 atom stereocenters. The lowest BCUT2D eigenvalue weighted by Gasteiger charge is -2.25. The average Bonchev–Trinajstić information content (AvgIpc) is 3.65. The number of benzene rings is 1. The van der Waals surface area contributed by atoms with Crippen LogP contribution in [0.15, 0.2) is 46.1 Å². The maximum Gasteiger partial charge on any atom is 0.469 e. The number of esters is 1. The number of hydrogen-bond donors (Lipinski definition) is 9. The molecule has 1 aliphatic heterocycles. The summed E-state index contributed by atoms with van der Waals surface area (Å²) in [4.78, 5) is 135. The summed E-state index contributed by atoms with van der Waals surface area (Å²) in [6.45, 7) is 3.45. The van der Waals surface area contributed by atoms with Crippen LogP contribution in [0.1, 0.15) is 63.3 Å². The monoisotopic (exact) mass is 956 g/mol. The van der Waals surface area contributed by atoms with Crippen LogP contribution in [0.5, 0.6) is 0 Å². The minimum atomic E-state index is -4.97. The fourth-order valence-corrected chi connectivity index (χ4v) is 7.19. The lowest BCUT2D eigenvalue weighted by Crippen LogP contribution is -2.57. The van der Waals surface area contributed by atoms with Gasteiger partial charge < -0.3 is 55.9 Å². The van der Waals surface area contributed by atoms with Crippen molar-refractivity contribution in [2.45, 2.75) is 108 Å². The molecule has 0 aliphatic carbocycles. The predicted octanol–water partition coefficient (Wildman–Crippen LogP) is -1.23. The summed E-state index contributed by atoms with van der Waals surface area (Å²) in [5, 5.41) is 15.2. The van der Waals surface area contributed by atoms with Crippen LogP contribution in [-0.2, 0) is 58.5 Å². The Morgan fingerprint density at radius 2 is 1.57 bits per heavy atom. The number of nitrogens with one attached hydrogen (secondary N) is 7. The number of carbonyl (C=O) groups is 7. The molecule has 360 valence electrons. The maximum absolute atomic E-state index is 13.6. The maximum atomic E-state index is 13.6. The molecule has 0 saturated carbocycles. The van der Waals surface area contributed by atoms with Gasteiger partial charge in [0.25, 0.3) is 5.56 Å². The first-order valence-electron chi connectivity index (χ1n) is 20.4. The van der Waals surface area contributed by atoms with E-state index >= 15 is 0 Å². The van der Waals surface area contributed by atoms with Crippen LogP contribution < -0.4 is 43.1 Å². The van der Waals surface area contributed by atoms with E-state index in [1.54, 1.807) is 30.3 Å². The Hall–Kier alpha value is -5.59. The highest BCUT2D eigenvalue weighted by atomic mass is 32.2. The largest absolute Gasteiger partial charge is 0.469 e. The molecule has 0 unspecified atom stereocenters. The summed E-state index contributed by atoms with van der Waals surface area (Å²) in [5.74, 6) is -3.09. The number of phosphoric acid groups is 1. The van der Waals surface area contributed by atoms with Crippen molar-refractivity contribution in [1.82, 2.24) is 41.5 Å². The van der Waals surface area contributed by atoms with Gasteiger partial charge in [0.1, 0.15) is 48.6 Å². The molecular formula is C39H57N8O16PS. The van der Waals surface area contributed by atoms with Crippen molar-refractivity contribution in [2.75, 3.05) is 32.3 Å². The Morgan fingerprint density at radius 1 is 0.938 bits per heavy atom. The lowest BCUT2D eigenvalue weighted by molar-refractivity contribution is -0.145. The number of alkyl carbamates (subject to hydrolysis) is 1. The molecule has 65 heavy (non-hydrogen) atoms. The number of aryl methyl sites for hydroxylation is 1. The second-order valence-electron chi connectivity index (χ2n) is 14.9. The third kappa shape index (κ3) is 18.1. The van der Waals surface area contributed by atoms with E-state index in [4.69, 9.17) is 14.2 Å². The number of phosphoric ester groups is 1. The number of nitrogens with zero attached hydrogens (tertiary/aromatic N) is 1. The highest BCUT2D eigenvalue weighted by Gasteiger charge is 2.41. The molecule has 0 bridgehead atoms. The number of unbranched alkanes of at least 4 members (excludes halogenated alkanes) is 1. The van der Waals surface area contributed by atoms with Crippen molar-refractivity contribution in [1.29, 1.82) is 0 Å². The molecule has 1 aliphatic rings. The number of ether oxygens (including phenoxy) is 3. The number of aromatic amines is 1. The van der Waals surface area contributed by atoms with Crippen molar-refractivity contribution in [3.63, 3.8) is 0 Å². The number of amides is 6. The summed E-state index contributed by atoms with van der Waals surface area (Å²) in [7, 11) is -3.79. The van der Waals surface area contributed by atoms with E-state index in [1.807, 2.05) is 6.26 Å². The second-order valence-corrected chi connectivity index (χ2v) is 17.1. The smallest absolute Gasteiger partial charge is 0.467 e. The number of hydrogen-bond acceptors (Lipinski definition) is 15. The van der Waals surface area contributed by atoms with Gasteiger partial charge in [-0.2, -0.15) is 11.8 Å². The first-order valence-corrected chi connectivity index (χ1v) is 23.3. The van der Waals surface area contributed by atoms with E-state index in [0.717, 1.165) is 10.1 Å². The molecule has 2 aromatic rings. The molecule has 26 heteroatoms. The Morgan fingerprint density at radius 3 is 2.20 bits per heavy atom. The van der Waals surface area contributed by atoms with E-state index in [-0.39, 0.29) is 50.6 Å². The van der Waals surface area contributed by atoms with Gasteiger partial charge in [-0.1, -0.05) is 30.3 Å². The molecule has 1 fully saturated rings. The van der Waals surface area contributed by atoms with Gasteiger partial charge in [0.05, 0.1) is 13.7 Å². The highest BCUT2D eigenvalue weighted by molar-refractivity contribution is 7.98. The molecule has 1 aromatic heterocycles. The molecule has 9 N–H and O–H groups in total. The van der Waals surface area contributed by atoms with Gasteiger partial charge in [0, 0.05) is 31.1 Å². The number of methoxy groups -OCH3 is 1. The van der Waals surface area contributed by atoms with Crippen molar-refractivity contribution in [2.24, 2.45) is 0 Å². The zero-order chi connectivity index (χ0) is 48.3. The molecule has 24 nitrogen and oxygen atoms in total. The van der Waals surface area contributed by atoms with E-state index in [2.05, 4.69) is 41.4 Å². The SMILES string of the molecule is COC(=O)[C@H](Cc1ccccc1)NC(=O)[C@H](C)NC(=O)[C@H](C)NC(=O)[C@H](CCCCNC(=O)O[C@H]1C[C@H](n2cc(C)c(=O)[nH]c2=O)O[C@@H]1COP(=O)(O)O)NC(=O)[C@H](CCSC)NC=O. The van der Waals surface area contributed by atoms with Crippen LogP contribution in [0.3, 0.4) is 0 Å². The van der Waals surface area contributed by atoms with Gasteiger partial charge in [-0.15, -0.1) is 0 Å². The van der Waals surface area contributed by atoms with Crippen LogP contribution in [0.2, 0.25) is 0 Å². The number of rotatable bonds is 26. The molecule has 0 radical (unpaired) electrons. The summed E-state index contributed by atoms with van der Waals surface area (Å²) in [6, 6.07) is 3.23. The molecule has 6 amide bonds. The zero-order valence-corrected chi connectivity index (χ0v) is 38.1. The van der Waals surface area contributed by atoms with E-state index in [9.17, 15) is 57.5 Å². The molecule has 2 heterocycles. The Kier molecular flexibility index (Phi) is 21.8. The normalized spacial score (nSPS) is 18.1. The number of H-pyrrole nitrogens is 1. The van der Waals surface area contributed by atoms with Crippen LogP contribution >= 0.6 is 19.6 Å². The van der Waals surface area contributed by atoms with Gasteiger partial charge in [-0.05, 0) is 64.0 Å². The average molecular weight is 957 g/mol. The predicted molar refractivity (Wildman–Crippen MR) is 232 cm³/mol. The minimum Gasteiger partial charge on any atom is -0.467 e. The first kappa shape index (κ1) is 53.7. The summed E-state index contributed by atoms with van der Waals surface area (Å²) < 4.78 is 33.0. The standard InChI is InChI=1S/C39H57N8O16PS/c1-22-19-47(38(55)46-32(22)49)31-18-29(30(62-31)20-61-64(57,58)59)63-39(56)40-15-10-9-13-27(44-35(52)26(41-21-48)14-16-65-5)36(53)43-23(2)33(50)42-24(3)34(51)45-28(37(54)60-4)17-25-11-7-6-8-12-25/h6-8,11-12,19,21,23-24,26-31H,9-10,13-18,20H2,1-5H3,(H,40,56)(H,41,48)(H,42,50)(H,43,53)(H,44,52)(H,45,51)(H,46,49,55)(H2,57,58,59)/t23-,24-,26-,27-,28-,29-,30+,31+/m0/s1. The Balaban J connectivity index is 1.62. The fraction of sp³-hybridized carbons (Fsp3) is 0.564. The van der Waals surface area contributed by atoms with Crippen LogP contribution in [0, 0.1) is 6.92 Å². The van der Waals surface area contributed by atoms with Crippen LogP contribution in [-0.4, -0.2) is 136 Å². The van der Waals surface area contributed by atoms with Crippen molar-refractivity contribution >= 4 is 61.7 Å². The quantitative estimate of drug-likeness (QED) is 0.0231. The first-order chi connectivity index (χ1) is 30.8. The van der Waals surface area contributed by atoms with Crippen LogP contribution in [0.25, 0.3) is 0 Å². The molecule has 1 saturated heterocycles. The van der Waals surface area contributed by atoms with Gasteiger partial charge >= 0.3 is 25.6 Å². The molecule has 3 rings (SSSR count). The second kappa shape index (κ2) is 26.4. The minimum absolute atomic E-state index is 0.0125. The highest BCUT2D eigenvalue weighted by Crippen LogP contribution is 2.38. The molecule has 0 spiro atoms. The Bertz CT molecular complexity index is 2120. The summed E-state index contributed by atoms with van der Waals surface area (Å²) in [5.41, 5.74) is -0.536. The number of thioether (sulfide) groups is 1. The van der Waals surface area contributed by atoms with Crippen molar-refractivity contribution in [3.8, 4) is 0 Å². The number of aromatic nitrogens is 2. The van der Waals surface area contributed by atoms with Gasteiger partial charge in [-0.3, -0.25) is 42.8 Å². The summed E-state index contributed by atoms with van der Waals surface area (Å²) >= 11 is 1.43. The fourth-order valence-electron chi connectivity index (χ4n) is 6.37. The van der Waals surface area contributed by atoms with Gasteiger partial charge in [0.2, 0.25) is 30.0 Å². The lowest BCUT2D eigenvalue weighted by atomic mass is 10.1. The Labute approximate surface area is 377 Å². The van der Waals surface area contributed by atoms with Gasteiger partial charge in [-0.25, -0.2) is 18.9 Å². The zero-order valence-electron chi connectivity index (χ0n) is 36.4. The third-order valence-electron chi connectivity index (χ3n) is 9.91. The molecular weight excluding hydrogens is 900 g/mol. The van der Waals surface area contributed by atoms with Crippen LogP contribution in [0.4, 0.5) is 4.79 Å². The third-order valence-corrected chi connectivity index (χ3v) is 11.0. The van der Waals surface area contributed by atoms with Crippen molar-refractivity contribution < 1.29 is 66.6 Å². The van der Waals surface area contributed by atoms with E-state index in [0.29, 0.717) is 12.2 Å². The topological polar surface area (TPSA) is 341 Å². The van der Waals surface area contributed by atoms with E-state index in [1.165, 1.54) is 45.8 Å². The molecule has 1 aromatic carbocycles. The summed E-state index contributed by atoms with van der Waals surface area (Å²) in [6.07, 6.45) is -0.448. The van der Waals surface area contributed by atoms with E-state index < -0.39 is 110 Å². The number of carbonyl (C=O) groups excluding carboxylic acids is 7. The van der Waals surface area contributed by atoms with Gasteiger partial charge in [0.15, 0.2) is 0 Å².